The van der Waals surface area contributed by atoms with Crippen LogP contribution in [0.25, 0.3) is 10.8 Å². The summed E-state index contributed by atoms with van der Waals surface area (Å²) in [6, 6.07) is 13.9. The lowest BCUT2D eigenvalue weighted by molar-refractivity contribution is 0.131. The summed E-state index contributed by atoms with van der Waals surface area (Å²) in [6.45, 7) is 6.78. The number of anilines is 1. The molecule has 0 saturated carbocycles. The van der Waals surface area contributed by atoms with E-state index in [0.29, 0.717) is 18.0 Å². The largest absolute Gasteiger partial charge is 0.493 e. The molecule has 0 unspecified atom stereocenters. The number of ether oxygens (including phenoxy) is 3. The Morgan fingerprint density at radius 2 is 1.63 bits per heavy atom. The third-order valence-electron chi connectivity index (χ3n) is 4.09. The quantitative estimate of drug-likeness (QED) is 0.662. The number of nitrogens with zero attached hydrogens (tertiary/aromatic N) is 1. The molecule has 1 aromatic heterocycles. The Hall–Kier alpha value is -2.95. The number of hydrogen-bond acceptors (Lipinski definition) is 5. The molecule has 1 heterocycles. The second-order valence-corrected chi connectivity index (χ2v) is 7.27. The third-order valence-corrected chi connectivity index (χ3v) is 4.09. The number of nitrogens with one attached hydrogen (secondary N) is 1. The van der Waals surface area contributed by atoms with Crippen molar-refractivity contribution in [1.29, 1.82) is 0 Å². The maximum atomic E-state index is 5.87. The van der Waals surface area contributed by atoms with Crippen molar-refractivity contribution in [3.05, 3.63) is 54.2 Å². The third kappa shape index (κ3) is 4.42. The highest BCUT2D eigenvalue weighted by molar-refractivity contribution is 5.97. The minimum Gasteiger partial charge on any atom is -0.493 e. The number of aromatic nitrogens is 1. The maximum absolute atomic E-state index is 5.87. The highest BCUT2D eigenvalue weighted by atomic mass is 16.5. The van der Waals surface area contributed by atoms with Gasteiger partial charge in [0.1, 0.15) is 17.2 Å². The van der Waals surface area contributed by atoms with E-state index >= 15 is 0 Å². The molecule has 142 valence electrons. The Labute approximate surface area is 160 Å². The zero-order valence-electron chi connectivity index (χ0n) is 16.5. The normalized spacial score (nSPS) is 11.3. The van der Waals surface area contributed by atoms with E-state index in [9.17, 15) is 0 Å². The van der Waals surface area contributed by atoms with Crippen LogP contribution in [0, 0.1) is 0 Å². The van der Waals surface area contributed by atoms with Gasteiger partial charge in [-0.3, -0.25) is 0 Å². The van der Waals surface area contributed by atoms with Crippen molar-refractivity contribution in [1.82, 2.24) is 4.98 Å². The molecule has 0 saturated heterocycles. The van der Waals surface area contributed by atoms with Crippen LogP contribution in [0.1, 0.15) is 26.3 Å². The lowest BCUT2D eigenvalue weighted by Crippen LogP contribution is -2.22. The van der Waals surface area contributed by atoms with Crippen molar-refractivity contribution in [3.63, 3.8) is 0 Å². The average molecular weight is 366 g/mol. The molecule has 0 amide bonds. The zero-order chi connectivity index (χ0) is 19.4. The Balaban J connectivity index is 1.79. The number of benzene rings is 2. The van der Waals surface area contributed by atoms with Gasteiger partial charge in [-0.2, -0.15) is 0 Å². The monoisotopic (exact) mass is 366 g/mol. The van der Waals surface area contributed by atoms with E-state index in [2.05, 4.69) is 22.4 Å². The molecule has 3 aromatic rings. The summed E-state index contributed by atoms with van der Waals surface area (Å²) >= 11 is 0. The minimum absolute atomic E-state index is 0.202. The van der Waals surface area contributed by atoms with Crippen molar-refractivity contribution in [2.75, 3.05) is 19.5 Å². The van der Waals surface area contributed by atoms with E-state index in [1.54, 1.807) is 20.4 Å². The van der Waals surface area contributed by atoms with Crippen molar-refractivity contribution in [2.45, 2.75) is 32.9 Å². The first kappa shape index (κ1) is 18.8. The molecule has 3 rings (SSSR count). The van der Waals surface area contributed by atoms with Gasteiger partial charge >= 0.3 is 0 Å². The van der Waals surface area contributed by atoms with Gasteiger partial charge in [-0.1, -0.05) is 12.1 Å². The number of pyridine rings is 1. The molecule has 2 aromatic carbocycles. The summed E-state index contributed by atoms with van der Waals surface area (Å²) in [7, 11) is 3.28. The van der Waals surface area contributed by atoms with Crippen LogP contribution in [-0.4, -0.2) is 24.8 Å². The Morgan fingerprint density at radius 1 is 0.889 bits per heavy atom. The van der Waals surface area contributed by atoms with Crippen LogP contribution in [0.4, 0.5) is 5.82 Å². The van der Waals surface area contributed by atoms with Gasteiger partial charge in [-0.15, -0.1) is 0 Å². The van der Waals surface area contributed by atoms with Gasteiger partial charge in [0, 0.05) is 23.5 Å². The number of methoxy groups -OCH3 is 2. The van der Waals surface area contributed by atoms with Gasteiger partial charge in [0.15, 0.2) is 11.5 Å². The van der Waals surface area contributed by atoms with Crippen LogP contribution in [0.15, 0.2) is 48.7 Å². The molecular weight excluding hydrogens is 340 g/mol. The van der Waals surface area contributed by atoms with Gasteiger partial charge in [0.2, 0.25) is 0 Å². The number of hydrogen-bond donors (Lipinski definition) is 1. The summed E-state index contributed by atoms with van der Waals surface area (Å²) < 4.78 is 16.8. The number of fused-ring (bicyclic) bond motifs is 1. The Kier molecular flexibility index (Phi) is 5.40. The van der Waals surface area contributed by atoms with Gasteiger partial charge in [-0.05, 0) is 56.7 Å². The summed E-state index contributed by atoms with van der Waals surface area (Å²) in [6.07, 6.45) is 1.77. The van der Waals surface area contributed by atoms with E-state index in [-0.39, 0.29) is 5.60 Å². The molecule has 0 aliphatic rings. The van der Waals surface area contributed by atoms with Gasteiger partial charge in [0.05, 0.1) is 14.2 Å². The lowest BCUT2D eigenvalue weighted by atomic mass is 10.1. The first-order valence-corrected chi connectivity index (χ1v) is 8.93. The van der Waals surface area contributed by atoms with Gasteiger partial charge in [-0.25, -0.2) is 4.98 Å². The number of rotatable bonds is 6. The molecule has 5 nitrogen and oxygen atoms in total. The van der Waals surface area contributed by atoms with Gasteiger partial charge < -0.3 is 19.5 Å². The molecule has 1 N–H and O–H groups in total. The van der Waals surface area contributed by atoms with E-state index in [4.69, 9.17) is 14.2 Å². The highest BCUT2D eigenvalue weighted by Gasteiger charge is 2.13. The first-order chi connectivity index (χ1) is 12.9. The fourth-order valence-corrected chi connectivity index (χ4v) is 2.93. The molecular formula is C22H26N2O3. The van der Waals surface area contributed by atoms with E-state index in [0.717, 1.165) is 27.9 Å². The van der Waals surface area contributed by atoms with Crippen LogP contribution < -0.4 is 19.5 Å². The zero-order valence-corrected chi connectivity index (χ0v) is 16.5. The molecule has 0 aliphatic heterocycles. The van der Waals surface area contributed by atoms with Gasteiger partial charge in [0.25, 0.3) is 0 Å². The van der Waals surface area contributed by atoms with Crippen molar-refractivity contribution < 1.29 is 14.2 Å². The lowest BCUT2D eigenvalue weighted by Gasteiger charge is -2.21. The van der Waals surface area contributed by atoms with Crippen LogP contribution in [0.3, 0.4) is 0 Å². The molecule has 0 spiro atoms. The van der Waals surface area contributed by atoms with E-state index in [1.165, 1.54) is 0 Å². The summed E-state index contributed by atoms with van der Waals surface area (Å²) in [5.41, 5.74) is 0.947. The topological polar surface area (TPSA) is 52.6 Å². The molecule has 0 radical (unpaired) electrons. The average Bonchev–Trinajstić information content (AvgIpc) is 2.65. The SMILES string of the molecule is COc1ccc2c(NCc3ccc(OC(C)(C)C)cc3)nccc2c1OC. The molecule has 0 aliphatic carbocycles. The Bertz CT molecular complexity index is 915. The van der Waals surface area contributed by atoms with Crippen molar-refractivity contribution >= 4 is 16.6 Å². The van der Waals surface area contributed by atoms with Crippen molar-refractivity contribution in [2.24, 2.45) is 0 Å². The van der Waals surface area contributed by atoms with Crippen LogP contribution in [0.2, 0.25) is 0 Å². The molecule has 0 atom stereocenters. The highest BCUT2D eigenvalue weighted by Crippen LogP contribution is 2.37. The summed E-state index contributed by atoms with van der Waals surface area (Å²) in [5, 5.41) is 5.36. The summed E-state index contributed by atoms with van der Waals surface area (Å²) in [4.78, 5) is 4.49. The standard InChI is InChI=1S/C22H26N2O3/c1-22(2,3)27-16-8-6-15(7-9-16)14-24-21-18-10-11-19(25-4)20(26-5)17(18)12-13-23-21/h6-13H,14H2,1-5H3,(H,23,24). The Morgan fingerprint density at radius 3 is 2.26 bits per heavy atom. The van der Waals surface area contributed by atoms with Crippen LogP contribution in [-0.2, 0) is 6.54 Å². The smallest absolute Gasteiger partial charge is 0.168 e. The predicted octanol–water partition coefficient (Wildman–Crippen LogP) is 5.04. The fourth-order valence-electron chi connectivity index (χ4n) is 2.93. The van der Waals surface area contributed by atoms with Crippen LogP contribution in [0.5, 0.6) is 17.2 Å². The summed E-state index contributed by atoms with van der Waals surface area (Å²) in [5.74, 6) is 3.09. The fraction of sp³-hybridized carbons (Fsp3) is 0.318. The molecule has 0 bridgehead atoms. The molecule has 0 fully saturated rings. The van der Waals surface area contributed by atoms with E-state index < -0.39 is 0 Å². The molecule has 5 heteroatoms. The second-order valence-electron chi connectivity index (χ2n) is 7.27. The van der Waals surface area contributed by atoms with Crippen LogP contribution >= 0.6 is 0 Å². The minimum atomic E-state index is -0.202. The van der Waals surface area contributed by atoms with E-state index in [1.807, 2.05) is 51.1 Å². The predicted molar refractivity (Wildman–Crippen MR) is 109 cm³/mol. The first-order valence-electron chi connectivity index (χ1n) is 8.93. The maximum Gasteiger partial charge on any atom is 0.168 e. The van der Waals surface area contributed by atoms with Crippen molar-refractivity contribution in [3.8, 4) is 17.2 Å². The molecule has 27 heavy (non-hydrogen) atoms. The second kappa shape index (κ2) is 7.74.